The van der Waals surface area contributed by atoms with E-state index < -0.39 is 11.8 Å². The molecule has 1 aromatic rings. The molecule has 3 N–H and O–H groups in total. The number of rotatable bonds is 10. The third kappa shape index (κ3) is 6.93. The normalized spacial score (nSPS) is 10.7. The Balaban J connectivity index is 2.98. The molecule has 0 saturated heterocycles. The Morgan fingerprint density at radius 2 is 2.08 bits per heavy atom. The number of nitrogens with zero attached hydrogens (tertiary/aromatic N) is 1. The van der Waals surface area contributed by atoms with Gasteiger partial charge < -0.3 is 25.3 Å². The van der Waals surface area contributed by atoms with Crippen LogP contribution in [0.3, 0.4) is 0 Å². The first-order chi connectivity index (χ1) is 12.0. The van der Waals surface area contributed by atoms with Crippen LogP contribution in [0.15, 0.2) is 23.8 Å². The molecule has 134 valence electrons. The molecular weight excluding hydrogens is 326 g/mol. The van der Waals surface area contributed by atoms with Gasteiger partial charge in [0.1, 0.15) is 11.6 Å². The lowest BCUT2D eigenvalue weighted by Gasteiger charge is -2.11. The molecule has 0 radical (unpaired) electrons. The summed E-state index contributed by atoms with van der Waals surface area (Å²) in [6, 6.07) is 6.69. The molecule has 0 spiro atoms. The predicted octanol–water partition coefficient (Wildman–Crippen LogP) is 0.619. The maximum atomic E-state index is 11.9. The average molecular weight is 347 g/mol. The Morgan fingerprint density at radius 1 is 1.32 bits per heavy atom. The Labute approximate surface area is 146 Å². The standard InChI is InChI=1S/C17H21N3O5/c1-3-24-15-9-12(4-5-14(15)25-11-16(19)21)8-13(10-18)17(22)20-6-7-23-2/h4-5,8-9H,3,6-7,11H2,1-2H3,(H2,19,21)(H,20,22)/b13-8+. The largest absolute Gasteiger partial charge is 0.490 e. The summed E-state index contributed by atoms with van der Waals surface area (Å²) >= 11 is 0. The highest BCUT2D eigenvalue weighted by molar-refractivity contribution is 6.01. The van der Waals surface area contributed by atoms with Crippen LogP contribution in [0.2, 0.25) is 0 Å². The highest BCUT2D eigenvalue weighted by atomic mass is 16.5. The number of primary amides is 1. The number of nitrogens with two attached hydrogens (primary N) is 1. The summed E-state index contributed by atoms with van der Waals surface area (Å²) in [5, 5.41) is 11.7. The van der Waals surface area contributed by atoms with Crippen molar-refractivity contribution in [2.45, 2.75) is 6.92 Å². The maximum Gasteiger partial charge on any atom is 0.262 e. The molecule has 8 heteroatoms. The van der Waals surface area contributed by atoms with Gasteiger partial charge in [0, 0.05) is 13.7 Å². The minimum absolute atomic E-state index is 0.0515. The van der Waals surface area contributed by atoms with Crippen LogP contribution in [-0.4, -0.2) is 45.3 Å². The van der Waals surface area contributed by atoms with Crippen LogP contribution in [0.1, 0.15) is 12.5 Å². The quantitative estimate of drug-likeness (QED) is 0.363. The number of amides is 2. The predicted molar refractivity (Wildman–Crippen MR) is 90.8 cm³/mol. The molecule has 0 atom stereocenters. The van der Waals surface area contributed by atoms with Crippen molar-refractivity contribution in [3.05, 3.63) is 29.3 Å². The second-order valence-corrected chi connectivity index (χ2v) is 4.81. The van der Waals surface area contributed by atoms with Gasteiger partial charge in [-0.3, -0.25) is 9.59 Å². The van der Waals surface area contributed by atoms with Gasteiger partial charge in [-0.25, -0.2) is 0 Å². The Morgan fingerprint density at radius 3 is 2.68 bits per heavy atom. The van der Waals surface area contributed by atoms with Crippen LogP contribution in [0.4, 0.5) is 0 Å². The van der Waals surface area contributed by atoms with E-state index in [4.69, 9.17) is 25.2 Å². The summed E-state index contributed by atoms with van der Waals surface area (Å²) < 4.78 is 15.6. The molecule has 0 aliphatic carbocycles. The lowest BCUT2D eigenvalue weighted by molar-refractivity contribution is -0.120. The first kappa shape index (κ1) is 20.0. The fraction of sp³-hybridized carbons (Fsp3) is 0.353. The van der Waals surface area contributed by atoms with Crippen molar-refractivity contribution >= 4 is 17.9 Å². The minimum atomic E-state index is -0.606. The molecule has 0 aliphatic rings. The van der Waals surface area contributed by atoms with E-state index in [1.54, 1.807) is 25.1 Å². The first-order valence-corrected chi connectivity index (χ1v) is 7.58. The van der Waals surface area contributed by atoms with Crippen LogP contribution in [-0.2, 0) is 14.3 Å². The molecule has 0 bridgehead atoms. The van der Waals surface area contributed by atoms with Crippen molar-refractivity contribution in [2.75, 3.05) is 33.5 Å². The van der Waals surface area contributed by atoms with Gasteiger partial charge in [-0.15, -0.1) is 0 Å². The summed E-state index contributed by atoms with van der Waals surface area (Å²) in [6.07, 6.45) is 1.43. The van der Waals surface area contributed by atoms with Crippen molar-refractivity contribution in [1.29, 1.82) is 5.26 Å². The van der Waals surface area contributed by atoms with Gasteiger partial charge in [0.2, 0.25) is 0 Å². The number of nitriles is 1. The van der Waals surface area contributed by atoms with Crippen molar-refractivity contribution in [3.8, 4) is 17.6 Å². The zero-order chi connectivity index (χ0) is 18.7. The molecular formula is C17H21N3O5. The Kier molecular flexibility index (Phi) is 8.54. The molecule has 1 rings (SSSR count). The second-order valence-electron chi connectivity index (χ2n) is 4.81. The number of carbonyl (C=O) groups excluding carboxylic acids is 2. The van der Waals surface area contributed by atoms with Crippen LogP contribution in [0.25, 0.3) is 6.08 Å². The van der Waals surface area contributed by atoms with E-state index in [0.717, 1.165) is 0 Å². The molecule has 0 aromatic heterocycles. The minimum Gasteiger partial charge on any atom is -0.490 e. The van der Waals surface area contributed by atoms with Gasteiger partial charge in [0.05, 0.1) is 13.2 Å². The van der Waals surface area contributed by atoms with Gasteiger partial charge in [-0.05, 0) is 30.7 Å². The first-order valence-electron chi connectivity index (χ1n) is 7.58. The molecule has 25 heavy (non-hydrogen) atoms. The van der Waals surface area contributed by atoms with E-state index in [9.17, 15) is 9.59 Å². The number of benzene rings is 1. The van der Waals surface area contributed by atoms with Gasteiger partial charge in [-0.1, -0.05) is 6.07 Å². The number of ether oxygens (including phenoxy) is 3. The zero-order valence-electron chi connectivity index (χ0n) is 14.2. The highest BCUT2D eigenvalue weighted by Crippen LogP contribution is 2.29. The zero-order valence-corrected chi connectivity index (χ0v) is 14.2. The molecule has 0 unspecified atom stereocenters. The van der Waals surface area contributed by atoms with Crippen LogP contribution < -0.4 is 20.5 Å². The number of methoxy groups -OCH3 is 1. The van der Waals surface area contributed by atoms with E-state index >= 15 is 0 Å². The van der Waals surface area contributed by atoms with Gasteiger partial charge in [0.25, 0.3) is 11.8 Å². The van der Waals surface area contributed by atoms with Crippen LogP contribution >= 0.6 is 0 Å². The topological polar surface area (TPSA) is 124 Å². The monoisotopic (exact) mass is 347 g/mol. The third-order valence-electron chi connectivity index (χ3n) is 2.91. The van der Waals surface area contributed by atoms with Crippen LogP contribution in [0, 0.1) is 11.3 Å². The molecule has 0 heterocycles. The summed E-state index contributed by atoms with van der Waals surface area (Å²) in [4.78, 5) is 22.8. The molecule has 0 aliphatic heterocycles. The average Bonchev–Trinajstić information content (AvgIpc) is 2.59. The van der Waals surface area contributed by atoms with Gasteiger partial charge in [0.15, 0.2) is 18.1 Å². The van der Waals surface area contributed by atoms with Gasteiger partial charge in [-0.2, -0.15) is 5.26 Å². The van der Waals surface area contributed by atoms with E-state index in [2.05, 4.69) is 5.32 Å². The molecule has 8 nitrogen and oxygen atoms in total. The summed E-state index contributed by atoms with van der Waals surface area (Å²) in [6.45, 7) is 2.55. The molecule has 0 saturated carbocycles. The smallest absolute Gasteiger partial charge is 0.262 e. The number of hydrogen-bond donors (Lipinski definition) is 2. The van der Waals surface area contributed by atoms with Crippen molar-refractivity contribution in [2.24, 2.45) is 5.73 Å². The second kappa shape index (κ2) is 10.7. The third-order valence-corrected chi connectivity index (χ3v) is 2.91. The number of carbonyl (C=O) groups is 2. The van der Waals surface area contributed by atoms with Crippen molar-refractivity contribution in [3.63, 3.8) is 0 Å². The van der Waals surface area contributed by atoms with E-state index in [1.807, 2.05) is 6.07 Å². The van der Waals surface area contributed by atoms with E-state index in [0.29, 0.717) is 36.8 Å². The molecule has 1 aromatic carbocycles. The van der Waals surface area contributed by atoms with Gasteiger partial charge >= 0.3 is 0 Å². The fourth-order valence-corrected chi connectivity index (χ4v) is 1.83. The van der Waals surface area contributed by atoms with Crippen LogP contribution in [0.5, 0.6) is 11.5 Å². The Bertz CT molecular complexity index is 679. The van der Waals surface area contributed by atoms with Crippen molar-refractivity contribution in [1.82, 2.24) is 5.32 Å². The summed E-state index contributed by atoms with van der Waals surface area (Å²) in [7, 11) is 1.52. The SMILES string of the molecule is CCOc1cc(/C=C(\C#N)C(=O)NCCOC)ccc1OCC(N)=O. The maximum absolute atomic E-state index is 11.9. The lowest BCUT2D eigenvalue weighted by Crippen LogP contribution is -2.27. The summed E-state index contributed by atoms with van der Waals surface area (Å²) in [5.74, 6) is -0.368. The van der Waals surface area contributed by atoms with E-state index in [1.165, 1.54) is 13.2 Å². The number of nitrogens with one attached hydrogen (secondary N) is 1. The fourth-order valence-electron chi connectivity index (χ4n) is 1.83. The molecule has 0 fully saturated rings. The molecule has 2 amide bonds. The lowest BCUT2D eigenvalue weighted by atomic mass is 10.1. The van der Waals surface area contributed by atoms with E-state index in [-0.39, 0.29) is 12.2 Å². The number of hydrogen-bond acceptors (Lipinski definition) is 6. The highest BCUT2D eigenvalue weighted by Gasteiger charge is 2.11. The summed E-state index contributed by atoms with van der Waals surface area (Å²) in [5.41, 5.74) is 5.58. The van der Waals surface area contributed by atoms with Crippen molar-refractivity contribution < 1.29 is 23.8 Å². The Hall–Kier alpha value is -3.05.